The van der Waals surface area contributed by atoms with Crippen molar-refractivity contribution in [3.05, 3.63) is 184 Å². The molecule has 4 nitrogen and oxygen atoms in total. The highest BCUT2D eigenvalue weighted by Crippen LogP contribution is 2.41. The van der Waals surface area contributed by atoms with E-state index in [9.17, 15) is 31.1 Å². The molecule has 0 bridgehead atoms. The number of alkyl halides is 6. The molecule has 5 aromatic rings. The molecule has 0 aliphatic rings. The average molecular weight is 705 g/mol. The van der Waals surface area contributed by atoms with E-state index in [1.165, 1.54) is 6.92 Å². The van der Waals surface area contributed by atoms with Gasteiger partial charge in [0, 0.05) is 0 Å². The number of halogens is 6. The Kier molecular flexibility index (Phi) is 11.8. The van der Waals surface area contributed by atoms with Gasteiger partial charge in [-0.15, -0.1) is 0 Å². The predicted molar refractivity (Wildman–Crippen MR) is 181 cm³/mol. The number of hydrogen-bond donors (Lipinski definition) is 0. The van der Waals surface area contributed by atoms with Crippen LogP contribution < -0.4 is 0 Å². The molecular weight excluding hydrogens is 670 g/mol. The summed E-state index contributed by atoms with van der Waals surface area (Å²) in [7, 11) is 0. The third kappa shape index (κ3) is 9.53. The van der Waals surface area contributed by atoms with Crippen LogP contribution in [-0.4, -0.2) is 25.8 Å². The Morgan fingerprint density at radius 1 is 0.588 bits per heavy atom. The number of rotatable bonds is 13. The molecule has 0 unspecified atom stereocenters. The highest BCUT2D eigenvalue weighted by Gasteiger charge is 2.39. The van der Waals surface area contributed by atoms with Crippen molar-refractivity contribution in [1.29, 1.82) is 0 Å². The number of benzene rings is 5. The summed E-state index contributed by atoms with van der Waals surface area (Å²) in [6.45, 7) is 0.304. The monoisotopic (exact) mass is 704 g/mol. The molecule has 0 aliphatic heterocycles. The van der Waals surface area contributed by atoms with Gasteiger partial charge >= 0.3 is 18.3 Å². The smallest absolute Gasteiger partial charge is 0.416 e. The zero-order valence-electron chi connectivity index (χ0n) is 27.5. The van der Waals surface area contributed by atoms with Crippen molar-refractivity contribution in [2.75, 3.05) is 19.8 Å². The molecule has 0 radical (unpaired) electrons. The van der Waals surface area contributed by atoms with Gasteiger partial charge in [-0.2, -0.15) is 26.3 Å². The van der Waals surface area contributed by atoms with Gasteiger partial charge in [-0.1, -0.05) is 127 Å². The summed E-state index contributed by atoms with van der Waals surface area (Å²) in [6.07, 6.45) is -9.50. The summed E-state index contributed by atoms with van der Waals surface area (Å²) in [4.78, 5) is 12.9. The molecule has 1 atom stereocenters. The van der Waals surface area contributed by atoms with Gasteiger partial charge in [0.05, 0.1) is 23.8 Å². The first-order chi connectivity index (χ1) is 24.4. The minimum atomic E-state index is -5.02. The number of carbonyl (C=O) groups is 1. The Labute approximate surface area is 291 Å². The van der Waals surface area contributed by atoms with Crippen molar-refractivity contribution in [3.8, 4) is 0 Å². The maximum absolute atomic E-state index is 13.4. The fourth-order valence-electron chi connectivity index (χ4n) is 5.60. The van der Waals surface area contributed by atoms with Gasteiger partial charge in [-0.05, 0) is 58.5 Å². The fraction of sp³-hybridized carbons (Fsp3) is 0.195. The number of esters is 1. The first-order valence-electron chi connectivity index (χ1n) is 16.0. The summed E-state index contributed by atoms with van der Waals surface area (Å²) in [5.74, 6) is -0.871. The van der Waals surface area contributed by atoms with E-state index >= 15 is 0 Å². The lowest BCUT2D eigenvalue weighted by atomic mass is 9.80. The van der Waals surface area contributed by atoms with Crippen molar-refractivity contribution in [3.63, 3.8) is 0 Å². The molecule has 0 aromatic heterocycles. The van der Waals surface area contributed by atoms with Gasteiger partial charge < -0.3 is 14.2 Å². The minimum absolute atomic E-state index is 0.00255. The molecule has 264 valence electrons. The molecule has 0 saturated heterocycles. The lowest BCUT2D eigenvalue weighted by Gasteiger charge is -2.36. The number of carbonyl (C=O) groups excluding carboxylic acids is 1. The second-order valence-electron chi connectivity index (χ2n) is 11.7. The first kappa shape index (κ1) is 37.1. The quantitative estimate of drug-likeness (QED) is 0.0695. The molecule has 10 heteroatoms. The summed E-state index contributed by atoms with van der Waals surface area (Å²) in [5, 5.41) is 0. The van der Waals surface area contributed by atoms with Crippen molar-refractivity contribution in [1.82, 2.24) is 0 Å². The first-order valence-corrected chi connectivity index (χ1v) is 16.0. The molecule has 0 saturated carbocycles. The predicted octanol–water partition coefficient (Wildman–Crippen LogP) is 10.4. The molecule has 0 spiro atoms. The van der Waals surface area contributed by atoms with Crippen molar-refractivity contribution in [2.45, 2.75) is 31.0 Å². The Bertz CT molecular complexity index is 1760. The van der Waals surface area contributed by atoms with Crippen molar-refractivity contribution < 1.29 is 45.3 Å². The van der Waals surface area contributed by atoms with Gasteiger partial charge in [0.1, 0.15) is 18.8 Å². The average Bonchev–Trinajstić information content (AvgIpc) is 3.14. The van der Waals surface area contributed by atoms with Crippen LogP contribution in [0.15, 0.2) is 145 Å². The fourth-order valence-corrected chi connectivity index (χ4v) is 5.60. The Hall–Kier alpha value is -5.19. The summed E-state index contributed by atoms with van der Waals surface area (Å²) >= 11 is 0. The summed E-state index contributed by atoms with van der Waals surface area (Å²) in [5.41, 5.74) is -0.423. The van der Waals surface area contributed by atoms with Gasteiger partial charge in [-0.25, -0.2) is 4.79 Å². The number of hydrogen-bond acceptors (Lipinski definition) is 4. The molecule has 5 aromatic carbocycles. The van der Waals surface area contributed by atoms with Crippen molar-refractivity contribution in [2.24, 2.45) is 0 Å². The van der Waals surface area contributed by atoms with Crippen molar-refractivity contribution >= 4 is 12.0 Å². The number of ether oxygens (including phenoxy) is 3. The molecule has 0 heterocycles. The second kappa shape index (κ2) is 16.2. The molecular formula is C41H34F6O4. The van der Waals surface area contributed by atoms with E-state index in [4.69, 9.17) is 14.2 Å². The SMILES string of the molecule is C[C@@H](OCC(=O)OCC(=Cc1ccccc1)COC(c1ccccc1)(c1ccccc1)c1ccccc1)c1cc(C(F)(F)F)cc(C(F)(F)F)c1. The maximum Gasteiger partial charge on any atom is 0.416 e. The lowest BCUT2D eigenvalue weighted by Crippen LogP contribution is -2.34. The van der Waals surface area contributed by atoms with Crippen LogP contribution >= 0.6 is 0 Å². The topological polar surface area (TPSA) is 44.8 Å². The van der Waals surface area contributed by atoms with E-state index < -0.39 is 47.8 Å². The zero-order valence-corrected chi connectivity index (χ0v) is 27.5. The van der Waals surface area contributed by atoms with Crippen LogP contribution in [0.25, 0.3) is 6.08 Å². The van der Waals surface area contributed by atoms with Crippen LogP contribution in [0.4, 0.5) is 26.3 Å². The Balaban J connectivity index is 1.37. The van der Waals surface area contributed by atoms with Gasteiger partial charge in [-0.3, -0.25) is 0 Å². The Morgan fingerprint density at radius 3 is 1.45 bits per heavy atom. The van der Waals surface area contributed by atoms with Crippen LogP contribution in [0.1, 0.15) is 52.0 Å². The molecule has 0 aliphatic carbocycles. The lowest BCUT2D eigenvalue weighted by molar-refractivity contribution is -0.150. The van der Waals surface area contributed by atoms with Crippen LogP contribution in [0.3, 0.4) is 0 Å². The molecule has 0 N–H and O–H groups in total. The van der Waals surface area contributed by atoms with E-state index in [0.29, 0.717) is 17.7 Å². The van der Waals surface area contributed by atoms with E-state index in [-0.39, 0.29) is 24.8 Å². The highest BCUT2D eigenvalue weighted by atomic mass is 19.4. The summed E-state index contributed by atoms with van der Waals surface area (Å²) in [6, 6.07) is 39.6. The van der Waals surface area contributed by atoms with E-state index in [0.717, 1.165) is 22.3 Å². The van der Waals surface area contributed by atoms with Gasteiger partial charge in [0.25, 0.3) is 0 Å². The summed E-state index contributed by atoms with van der Waals surface area (Å²) < 4.78 is 98.1. The third-order valence-electron chi connectivity index (χ3n) is 8.13. The zero-order chi connectivity index (χ0) is 36.5. The molecule has 0 fully saturated rings. The van der Waals surface area contributed by atoms with Crippen LogP contribution in [0, 0.1) is 0 Å². The standard InChI is InChI=1S/C41H34F6O4/c1-29(32-23-36(40(42,43)44)25-37(24-32)41(45,46)47)49-28-38(48)50-26-31(22-30-14-6-2-7-15-30)27-51-39(33-16-8-3-9-17-33,34-18-10-4-11-19-34)35-20-12-5-13-21-35/h2-25,29H,26-28H2,1H3/t29-/m1/s1. The third-order valence-corrected chi connectivity index (χ3v) is 8.13. The normalized spacial score (nSPS) is 13.1. The molecule has 5 rings (SSSR count). The van der Waals surface area contributed by atoms with Crippen LogP contribution in [0.2, 0.25) is 0 Å². The van der Waals surface area contributed by atoms with E-state index in [1.807, 2.05) is 127 Å². The van der Waals surface area contributed by atoms with E-state index in [1.54, 1.807) is 0 Å². The maximum atomic E-state index is 13.4. The second-order valence-corrected chi connectivity index (χ2v) is 11.7. The molecule has 51 heavy (non-hydrogen) atoms. The minimum Gasteiger partial charge on any atom is -0.459 e. The van der Waals surface area contributed by atoms with Gasteiger partial charge in [0.15, 0.2) is 0 Å². The van der Waals surface area contributed by atoms with Crippen LogP contribution in [-0.2, 0) is 37.0 Å². The van der Waals surface area contributed by atoms with Gasteiger partial charge in [0.2, 0.25) is 0 Å². The largest absolute Gasteiger partial charge is 0.459 e. The molecule has 0 amide bonds. The van der Waals surface area contributed by atoms with E-state index in [2.05, 4.69) is 0 Å². The highest BCUT2D eigenvalue weighted by molar-refractivity contribution is 5.71. The Morgan fingerprint density at radius 2 is 1.02 bits per heavy atom. The van der Waals surface area contributed by atoms with Crippen LogP contribution in [0.5, 0.6) is 0 Å².